The molecule has 2 amide bonds. The maximum atomic E-state index is 13.3. The molecule has 0 atom stereocenters. The molecule has 180 valence electrons. The van der Waals surface area contributed by atoms with E-state index in [2.05, 4.69) is 36.2 Å². The van der Waals surface area contributed by atoms with Crippen LogP contribution in [-0.2, 0) is 14.3 Å². The lowest BCUT2D eigenvalue weighted by atomic mass is 10.0. The van der Waals surface area contributed by atoms with Crippen LogP contribution >= 0.6 is 0 Å². The molecule has 0 saturated carbocycles. The summed E-state index contributed by atoms with van der Waals surface area (Å²) < 4.78 is 10.9. The van der Waals surface area contributed by atoms with Crippen LogP contribution in [0.15, 0.2) is 54.2 Å². The number of carbonyl (C=O) groups is 2. The molecule has 2 aromatic carbocycles. The monoisotopic (exact) mass is 463 g/mol. The van der Waals surface area contributed by atoms with Crippen LogP contribution in [0.2, 0.25) is 0 Å². The van der Waals surface area contributed by atoms with Gasteiger partial charge in [-0.05, 0) is 60.7 Å². The minimum absolute atomic E-state index is 0.201. The van der Waals surface area contributed by atoms with Gasteiger partial charge in [0, 0.05) is 31.6 Å². The summed E-state index contributed by atoms with van der Waals surface area (Å²) in [6.45, 7) is 7.42. The first-order valence-corrected chi connectivity index (χ1v) is 11.9. The molecule has 0 aromatic heterocycles. The Balaban J connectivity index is 1.60. The van der Waals surface area contributed by atoms with Gasteiger partial charge >= 0.3 is 0 Å². The molecule has 0 unspecified atom stereocenters. The molecule has 2 aliphatic rings. The van der Waals surface area contributed by atoms with Crippen LogP contribution in [0.25, 0.3) is 5.57 Å². The lowest BCUT2D eigenvalue weighted by molar-refractivity contribution is -0.137. The number of nitrogens with zero attached hydrogens (tertiary/aromatic N) is 2. The van der Waals surface area contributed by atoms with E-state index in [1.807, 2.05) is 36.4 Å². The molecule has 1 fully saturated rings. The number of imide groups is 1. The predicted molar refractivity (Wildman–Crippen MR) is 134 cm³/mol. The molecular formula is C27H33N3O4. The third kappa shape index (κ3) is 5.25. The van der Waals surface area contributed by atoms with E-state index in [4.69, 9.17) is 9.47 Å². The van der Waals surface area contributed by atoms with Crippen LogP contribution in [-0.4, -0.2) is 56.7 Å². The molecule has 0 radical (unpaired) electrons. The smallest absolute Gasteiger partial charge is 0.278 e. The number of benzene rings is 2. The summed E-state index contributed by atoms with van der Waals surface area (Å²) in [6, 6.07) is 15.3. The molecule has 34 heavy (non-hydrogen) atoms. The van der Waals surface area contributed by atoms with Crippen LogP contribution in [0.4, 0.5) is 11.4 Å². The van der Waals surface area contributed by atoms with Crippen molar-refractivity contribution in [1.29, 1.82) is 0 Å². The Morgan fingerprint density at radius 3 is 2.24 bits per heavy atom. The van der Waals surface area contributed by atoms with Crippen molar-refractivity contribution in [2.45, 2.75) is 26.7 Å². The highest BCUT2D eigenvalue weighted by molar-refractivity contribution is 6.36. The zero-order valence-electron chi connectivity index (χ0n) is 20.2. The summed E-state index contributed by atoms with van der Waals surface area (Å²) in [7, 11) is 1.55. The third-order valence-electron chi connectivity index (χ3n) is 6.02. The summed E-state index contributed by atoms with van der Waals surface area (Å²) in [4.78, 5) is 30.1. The number of methoxy groups -OCH3 is 1. The van der Waals surface area contributed by atoms with E-state index in [0.29, 0.717) is 23.7 Å². The summed E-state index contributed by atoms with van der Waals surface area (Å²) in [5, 5.41) is 3.23. The number of ether oxygens (including phenoxy) is 2. The van der Waals surface area contributed by atoms with Crippen LogP contribution in [0.1, 0.15) is 32.3 Å². The number of hydrogen-bond donors (Lipinski definition) is 1. The van der Waals surface area contributed by atoms with Crippen molar-refractivity contribution in [3.05, 3.63) is 59.8 Å². The van der Waals surface area contributed by atoms with Gasteiger partial charge in [-0.2, -0.15) is 0 Å². The van der Waals surface area contributed by atoms with Gasteiger partial charge in [0.2, 0.25) is 0 Å². The molecule has 7 nitrogen and oxygen atoms in total. The molecule has 1 saturated heterocycles. The molecule has 0 bridgehead atoms. The maximum Gasteiger partial charge on any atom is 0.278 e. The Morgan fingerprint density at radius 2 is 1.62 bits per heavy atom. The van der Waals surface area contributed by atoms with Crippen molar-refractivity contribution in [2.75, 3.05) is 50.2 Å². The second-order valence-corrected chi connectivity index (χ2v) is 9.10. The highest BCUT2D eigenvalue weighted by Crippen LogP contribution is 2.32. The van der Waals surface area contributed by atoms with Gasteiger partial charge < -0.3 is 19.7 Å². The fraction of sp³-hybridized carbons (Fsp3) is 0.407. The van der Waals surface area contributed by atoms with Crippen molar-refractivity contribution in [3.8, 4) is 5.75 Å². The zero-order chi connectivity index (χ0) is 24.1. The summed E-state index contributed by atoms with van der Waals surface area (Å²) in [5.74, 6) is 0.478. The molecule has 2 aliphatic heterocycles. The van der Waals surface area contributed by atoms with E-state index in [1.165, 1.54) is 23.4 Å². The highest BCUT2D eigenvalue weighted by Gasteiger charge is 2.39. The van der Waals surface area contributed by atoms with Crippen LogP contribution in [0.5, 0.6) is 5.75 Å². The zero-order valence-corrected chi connectivity index (χ0v) is 20.2. The van der Waals surface area contributed by atoms with Gasteiger partial charge in [-0.3, -0.25) is 14.5 Å². The second kappa shape index (κ2) is 10.7. The number of carbonyl (C=O) groups excluding carboxylic acids is 2. The van der Waals surface area contributed by atoms with Gasteiger partial charge in [0.1, 0.15) is 11.4 Å². The van der Waals surface area contributed by atoms with Crippen LogP contribution < -0.4 is 15.0 Å². The average molecular weight is 464 g/mol. The number of anilines is 2. The molecule has 2 aromatic rings. The molecule has 0 aliphatic carbocycles. The van der Waals surface area contributed by atoms with Crippen LogP contribution in [0.3, 0.4) is 0 Å². The minimum Gasteiger partial charge on any atom is -0.493 e. The van der Waals surface area contributed by atoms with Gasteiger partial charge in [-0.1, -0.05) is 26.0 Å². The summed E-state index contributed by atoms with van der Waals surface area (Å²) in [5.41, 5.74) is 3.25. The lowest BCUT2D eigenvalue weighted by Gasteiger charge is -2.18. The normalized spacial score (nSPS) is 16.2. The second-order valence-electron chi connectivity index (χ2n) is 9.10. The third-order valence-corrected chi connectivity index (χ3v) is 6.02. The summed E-state index contributed by atoms with van der Waals surface area (Å²) in [6.07, 6.45) is 2.43. The van der Waals surface area contributed by atoms with Crippen molar-refractivity contribution < 1.29 is 19.1 Å². The number of amides is 2. The number of hydrogen-bond acceptors (Lipinski definition) is 6. The Morgan fingerprint density at radius 1 is 0.941 bits per heavy atom. The SMILES string of the molecule is COCCN1C(=O)C(Nc2ccc(N3CCCC3)cc2)=C(c2ccc(OCC(C)C)cc2)C1=O. The highest BCUT2D eigenvalue weighted by atomic mass is 16.5. The van der Waals surface area contributed by atoms with E-state index in [0.717, 1.165) is 24.5 Å². The minimum atomic E-state index is -0.346. The van der Waals surface area contributed by atoms with Gasteiger partial charge in [-0.15, -0.1) is 0 Å². The average Bonchev–Trinajstić information content (AvgIpc) is 3.45. The van der Waals surface area contributed by atoms with Gasteiger partial charge in [0.15, 0.2) is 0 Å². The van der Waals surface area contributed by atoms with Gasteiger partial charge in [-0.25, -0.2) is 0 Å². The Kier molecular flexibility index (Phi) is 7.53. The molecular weight excluding hydrogens is 430 g/mol. The van der Waals surface area contributed by atoms with E-state index in [9.17, 15) is 9.59 Å². The van der Waals surface area contributed by atoms with Crippen LogP contribution in [0, 0.1) is 5.92 Å². The van der Waals surface area contributed by atoms with Crippen molar-refractivity contribution in [1.82, 2.24) is 4.90 Å². The van der Waals surface area contributed by atoms with Crippen molar-refractivity contribution >= 4 is 28.8 Å². The first-order chi connectivity index (χ1) is 16.5. The largest absolute Gasteiger partial charge is 0.493 e. The van der Waals surface area contributed by atoms with E-state index in [-0.39, 0.29) is 30.7 Å². The number of nitrogens with one attached hydrogen (secondary N) is 1. The lowest BCUT2D eigenvalue weighted by Crippen LogP contribution is -2.35. The topological polar surface area (TPSA) is 71.1 Å². The Hall–Kier alpha value is -3.32. The Labute approximate surface area is 201 Å². The predicted octanol–water partition coefficient (Wildman–Crippen LogP) is 4.16. The first kappa shape index (κ1) is 23.8. The standard InChI is InChI=1S/C27H33N3O4/c1-19(2)18-34-23-12-6-20(7-13-23)24-25(27(32)30(26(24)31)16-17-33-3)28-21-8-10-22(11-9-21)29-14-4-5-15-29/h6-13,19,28H,4-5,14-18H2,1-3H3. The van der Waals surface area contributed by atoms with E-state index >= 15 is 0 Å². The molecule has 0 spiro atoms. The molecule has 1 N–H and O–H groups in total. The first-order valence-electron chi connectivity index (χ1n) is 11.9. The van der Waals surface area contributed by atoms with E-state index in [1.54, 1.807) is 7.11 Å². The Bertz CT molecular complexity index is 1040. The fourth-order valence-electron chi connectivity index (χ4n) is 4.20. The quantitative estimate of drug-likeness (QED) is 0.534. The van der Waals surface area contributed by atoms with Crippen molar-refractivity contribution in [2.24, 2.45) is 5.92 Å². The van der Waals surface area contributed by atoms with Crippen molar-refractivity contribution in [3.63, 3.8) is 0 Å². The molecule has 2 heterocycles. The fourth-order valence-corrected chi connectivity index (χ4v) is 4.20. The van der Waals surface area contributed by atoms with Gasteiger partial charge in [0.05, 0.1) is 25.3 Å². The van der Waals surface area contributed by atoms with E-state index < -0.39 is 0 Å². The summed E-state index contributed by atoms with van der Waals surface area (Å²) >= 11 is 0. The molecule has 4 rings (SSSR count). The molecule has 7 heteroatoms. The van der Waals surface area contributed by atoms with Gasteiger partial charge in [0.25, 0.3) is 11.8 Å². The maximum absolute atomic E-state index is 13.3. The number of rotatable bonds is 10.